The van der Waals surface area contributed by atoms with Crippen molar-refractivity contribution in [3.8, 4) is 5.75 Å². The summed E-state index contributed by atoms with van der Waals surface area (Å²) in [5, 5.41) is 2.88. The molecule has 2 amide bonds. The number of hydrogen-bond acceptors (Lipinski definition) is 4. The normalized spacial score (nSPS) is 23.6. The molecular weight excluding hydrogens is 361 g/mol. The number of piperazine rings is 1. The molecule has 6 nitrogen and oxygen atoms in total. The fourth-order valence-corrected chi connectivity index (χ4v) is 4.03. The van der Waals surface area contributed by atoms with E-state index in [1.165, 1.54) is 12.1 Å². The Hall–Kier alpha value is -2.15. The van der Waals surface area contributed by atoms with Gasteiger partial charge in [-0.05, 0) is 51.0 Å². The summed E-state index contributed by atoms with van der Waals surface area (Å²) in [5.74, 6) is 0.560. The third-order valence-corrected chi connectivity index (χ3v) is 5.57. The van der Waals surface area contributed by atoms with Gasteiger partial charge in [0.25, 0.3) is 0 Å². The zero-order chi connectivity index (χ0) is 20.1. The highest BCUT2D eigenvalue weighted by molar-refractivity contribution is 5.89. The Morgan fingerprint density at radius 1 is 1.29 bits per heavy atom. The first-order valence-electron chi connectivity index (χ1n) is 10.1. The van der Waals surface area contributed by atoms with Gasteiger partial charge in [-0.3, -0.25) is 14.5 Å². The molecule has 0 unspecified atom stereocenters. The Kier molecular flexibility index (Phi) is 6.88. The molecule has 0 saturated carbocycles. The van der Waals surface area contributed by atoms with E-state index in [0.717, 1.165) is 25.9 Å². The predicted molar refractivity (Wildman–Crippen MR) is 104 cm³/mol. The van der Waals surface area contributed by atoms with E-state index in [2.05, 4.69) is 24.1 Å². The number of piperidine rings is 1. The van der Waals surface area contributed by atoms with Gasteiger partial charge in [-0.25, -0.2) is 4.39 Å². The van der Waals surface area contributed by atoms with E-state index in [-0.39, 0.29) is 36.0 Å². The molecule has 2 saturated heterocycles. The number of likely N-dealkylation sites (tertiary alicyclic amines) is 1. The second-order valence-electron chi connectivity index (χ2n) is 7.96. The van der Waals surface area contributed by atoms with E-state index in [9.17, 15) is 14.0 Å². The maximum atomic E-state index is 13.0. The number of amides is 2. The lowest BCUT2D eigenvalue weighted by molar-refractivity contribution is -0.140. The summed E-state index contributed by atoms with van der Waals surface area (Å²) < 4.78 is 18.8. The minimum absolute atomic E-state index is 0.0270. The fraction of sp³-hybridized carbons (Fsp3) is 0.619. The first-order valence-corrected chi connectivity index (χ1v) is 10.1. The third-order valence-electron chi connectivity index (χ3n) is 5.57. The number of carbonyl (C=O) groups is 2. The highest BCUT2D eigenvalue weighted by Crippen LogP contribution is 2.21. The van der Waals surface area contributed by atoms with Crippen LogP contribution < -0.4 is 10.1 Å². The molecule has 28 heavy (non-hydrogen) atoms. The van der Waals surface area contributed by atoms with E-state index >= 15 is 0 Å². The van der Waals surface area contributed by atoms with Crippen LogP contribution in [0.2, 0.25) is 0 Å². The lowest BCUT2D eigenvalue weighted by Gasteiger charge is -2.39. The SMILES string of the molecule is CC(C)N1CCNC(=O)[C@@H]1CC(=O)N1CCC[C@H](COc2ccc(F)cc2)C1. The molecule has 1 aromatic carbocycles. The van der Waals surface area contributed by atoms with Crippen molar-refractivity contribution in [2.75, 3.05) is 32.8 Å². The molecular formula is C21H30FN3O3. The number of ether oxygens (including phenoxy) is 1. The smallest absolute Gasteiger partial charge is 0.237 e. The number of nitrogens with zero attached hydrogens (tertiary/aromatic N) is 2. The van der Waals surface area contributed by atoms with E-state index in [0.29, 0.717) is 25.4 Å². The summed E-state index contributed by atoms with van der Waals surface area (Å²) >= 11 is 0. The topological polar surface area (TPSA) is 61.9 Å². The number of benzene rings is 1. The second-order valence-corrected chi connectivity index (χ2v) is 7.96. The maximum Gasteiger partial charge on any atom is 0.237 e. The van der Waals surface area contributed by atoms with Crippen molar-refractivity contribution in [2.24, 2.45) is 5.92 Å². The van der Waals surface area contributed by atoms with Crippen LogP contribution in [0.15, 0.2) is 24.3 Å². The van der Waals surface area contributed by atoms with Gasteiger partial charge >= 0.3 is 0 Å². The number of hydrogen-bond donors (Lipinski definition) is 1. The maximum absolute atomic E-state index is 13.0. The molecule has 2 aliphatic heterocycles. The molecule has 154 valence electrons. The van der Waals surface area contributed by atoms with Crippen molar-refractivity contribution >= 4 is 11.8 Å². The van der Waals surface area contributed by atoms with Crippen molar-refractivity contribution in [1.82, 2.24) is 15.1 Å². The van der Waals surface area contributed by atoms with E-state index < -0.39 is 6.04 Å². The molecule has 2 atom stereocenters. The van der Waals surface area contributed by atoms with Crippen LogP contribution in [0.5, 0.6) is 5.75 Å². The van der Waals surface area contributed by atoms with Crippen LogP contribution in [0.3, 0.4) is 0 Å². The summed E-state index contributed by atoms with van der Waals surface area (Å²) in [6.45, 7) is 7.37. The molecule has 2 aliphatic rings. The van der Waals surface area contributed by atoms with Crippen LogP contribution in [-0.2, 0) is 9.59 Å². The van der Waals surface area contributed by atoms with Gasteiger partial charge in [-0.15, -0.1) is 0 Å². The molecule has 0 aliphatic carbocycles. The Bertz CT molecular complexity index is 680. The number of rotatable bonds is 6. The van der Waals surface area contributed by atoms with Crippen molar-refractivity contribution in [3.05, 3.63) is 30.1 Å². The summed E-state index contributed by atoms with van der Waals surface area (Å²) in [5.41, 5.74) is 0. The first kappa shape index (κ1) is 20.6. The Morgan fingerprint density at radius 3 is 2.75 bits per heavy atom. The highest BCUT2D eigenvalue weighted by Gasteiger charge is 2.35. The minimum Gasteiger partial charge on any atom is -0.493 e. The average molecular weight is 391 g/mol. The zero-order valence-corrected chi connectivity index (χ0v) is 16.7. The molecule has 3 rings (SSSR count). The van der Waals surface area contributed by atoms with E-state index in [1.54, 1.807) is 12.1 Å². The molecule has 1 N–H and O–H groups in total. The van der Waals surface area contributed by atoms with Crippen molar-refractivity contribution in [1.29, 1.82) is 0 Å². The number of nitrogens with one attached hydrogen (secondary N) is 1. The Balaban J connectivity index is 1.53. The molecule has 2 heterocycles. The fourth-order valence-electron chi connectivity index (χ4n) is 4.03. The average Bonchev–Trinajstić information content (AvgIpc) is 2.69. The molecule has 7 heteroatoms. The predicted octanol–water partition coefficient (Wildman–Crippen LogP) is 2.04. The summed E-state index contributed by atoms with van der Waals surface area (Å²) in [7, 11) is 0. The largest absolute Gasteiger partial charge is 0.493 e. The van der Waals surface area contributed by atoms with Crippen molar-refractivity contribution < 1.29 is 18.7 Å². The Labute approximate surface area is 166 Å². The molecule has 2 fully saturated rings. The number of halogens is 1. The van der Waals surface area contributed by atoms with Crippen LogP contribution in [0.1, 0.15) is 33.1 Å². The van der Waals surface area contributed by atoms with Gasteiger partial charge in [0.05, 0.1) is 19.1 Å². The standard InChI is InChI=1S/C21H30FN3O3/c1-15(2)25-11-9-23-21(27)19(25)12-20(26)24-10-3-4-16(13-24)14-28-18-7-5-17(22)6-8-18/h5-8,15-16,19H,3-4,9-14H2,1-2H3,(H,23,27)/t16-,19-/m0/s1. The highest BCUT2D eigenvalue weighted by atomic mass is 19.1. The first-order chi connectivity index (χ1) is 13.4. The second kappa shape index (κ2) is 9.37. The quantitative estimate of drug-likeness (QED) is 0.806. The monoisotopic (exact) mass is 391 g/mol. The third kappa shape index (κ3) is 5.22. The molecule has 0 bridgehead atoms. The van der Waals surface area contributed by atoms with E-state index in [4.69, 9.17) is 4.74 Å². The van der Waals surface area contributed by atoms with Gasteiger partial charge in [0.1, 0.15) is 11.6 Å². The Morgan fingerprint density at radius 2 is 2.04 bits per heavy atom. The van der Waals surface area contributed by atoms with Crippen LogP contribution in [0.4, 0.5) is 4.39 Å². The van der Waals surface area contributed by atoms with Crippen molar-refractivity contribution in [3.63, 3.8) is 0 Å². The lowest BCUT2D eigenvalue weighted by atomic mass is 9.97. The molecule has 1 aromatic rings. The van der Waals surface area contributed by atoms with Gasteiger partial charge < -0.3 is 15.0 Å². The summed E-state index contributed by atoms with van der Waals surface area (Å²) in [4.78, 5) is 29.1. The summed E-state index contributed by atoms with van der Waals surface area (Å²) in [6, 6.07) is 5.81. The van der Waals surface area contributed by atoms with Gasteiger partial charge in [0, 0.05) is 38.1 Å². The van der Waals surface area contributed by atoms with Crippen LogP contribution in [0, 0.1) is 11.7 Å². The van der Waals surface area contributed by atoms with Crippen LogP contribution >= 0.6 is 0 Å². The van der Waals surface area contributed by atoms with Gasteiger partial charge in [-0.2, -0.15) is 0 Å². The van der Waals surface area contributed by atoms with Gasteiger partial charge in [0.15, 0.2) is 0 Å². The lowest BCUT2D eigenvalue weighted by Crippen LogP contribution is -2.58. The van der Waals surface area contributed by atoms with Gasteiger partial charge in [0.2, 0.25) is 11.8 Å². The zero-order valence-electron chi connectivity index (χ0n) is 16.7. The number of carbonyl (C=O) groups excluding carboxylic acids is 2. The van der Waals surface area contributed by atoms with Crippen LogP contribution in [-0.4, -0.2) is 66.5 Å². The molecule has 0 radical (unpaired) electrons. The molecule has 0 spiro atoms. The van der Waals surface area contributed by atoms with Crippen molar-refractivity contribution in [2.45, 2.75) is 45.2 Å². The molecule has 0 aromatic heterocycles. The van der Waals surface area contributed by atoms with Gasteiger partial charge in [-0.1, -0.05) is 0 Å². The summed E-state index contributed by atoms with van der Waals surface area (Å²) in [6.07, 6.45) is 2.14. The van der Waals surface area contributed by atoms with E-state index in [1.807, 2.05) is 4.90 Å². The van der Waals surface area contributed by atoms with Crippen LogP contribution in [0.25, 0.3) is 0 Å². The minimum atomic E-state index is -0.392.